The first-order valence-electron chi connectivity index (χ1n) is 7.75. The highest BCUT2D eigenvalue weighted by Crippen LogP contribution is 2.23. The maximum atomic E-state index is 12.5. The molecule has 0 aromatic heterocycles. The van der Waals surface area contributed by atoms with Gasteiger partial charge in [0.25, 0.3) is 5.91 Å². The summed E-state index contributed by atoms with van der Waals surface area (Å²) in [6, 6.07) is 14.5. The summed E-state index contributed by atoms with van der Waals surface area (Å²) < 4.78 is 0.913. The number of anilines is 1. The van der Waals surface area contributed by atoms with Crippen molar-refractivity contribution in [3.63, 3.8) is 0 Å². The van der Waals surface area contributed by atoms with E-state index in [1.807, 2.05) is 41.7 Å². The lowest BCUT2D eigenvalue weighted by Crippen LogP contribution is -2.92. The van der Waals surface area contributed by atoms with Crippen LogP contribution in [0.1, 0.15) is 12.0 Å². The largest absolute Gasteiger partial charge is 0.335 e. The van der Waals surface area contributed by atoms with Crippen molar-refractivity contribution in [3.05, 3.63) is 63.6 Å². The van der Waals surface area contributed by atoms with E-state index in [-0.39, 0.29) is 24.3 Å². The van der Waals surface area contributed by atoms with Crippen LogP contribution in [0.25, 0.3) is 0 Å². The Bertz CT molecular complexity index is 747. The van der Waals surface area contributed by atoms with Gasteiger partial charge in [-0.05, 0) is 42.0 Å². The summed E-state index contributed by atoms with van der Waals surface area (Å²) in [7, 11) is 0. The molecular formula is C18H17BrClN2O2+. The van der Waals surface area contributed by atoms with Crippen molar-refractivity contribution in [3.8, 4) is 0 Å². The maximum Gasteiger partial charge on any atom is 0.292 e. The molecule has 2 aromatic rings. The molecule has 1 aliphatic rings. The first-order chi connectivity index (χ1) is 11.5. The summed E-state index contributed by atoms with van der Waals surface area (Å²) in [5.41, 5.74) is 1.79. The molecule has 0 radical (unpaired) electrons. The summed E-state index contributed by atoms with van der Waals surface area (Å²) in [6.45, 7) is 0.750. The zero-order chi connectivity index (χ0) is 17.1. The second kappa shape index (κ2) is 7.47. The molecule has 4 nitrogen and oxygen atoms in total. The number of nitrogens with zero attached hydrogens (tertiary/aromatic N) is 1. The number of benzene rings is 2. The van der Waals surface area contributed by atoms with Crippen molar-refractivity contribution >= 4 is 45.0 Å². The molecule has 1 atom stereocenters. The van der Waals surface area contributed by atoms with Crippen molar-refractivity contribution < 1.29 is 14.9 Å². The van der Waals surface area contributed by atoms with Crippen LogP contribution in [-0.4, -0.2) is 24.4 Å². The normalized spacial score (nSPS) is 17.6. The van der Waals surface area contributed by atoms with E-state index in [0.717, 1.165) is 23.0 Å². The molecule has 2 amide bonds. The molecule has 0 aliphatic carbocycles. The van der Waals surface area contributed by atoms with Crippen molar-refractivity contribution in [1.82, 2.24) is 0 Å². The Morgan fingerprint density at radius 1 is 1.08 bits per heavy atom. The van der Waals surface area contributed by atoms with Gasteiger partial charge in [0.2, 0.25) is 5.91 Å². The second-order valence-electron chi connectivity index (χ2n) is 5.76. The van der Waals surface area contributed by atoms with Crippen LogP contribution in [0.5, 0.6) is 0 Å². The molecule has 1 aliphatic heterocycles. The van der Waals surface area contributed by atoms with Gasteiger partial charge in [0, 0.05) is 15.9 Å². The van der Waals surface area contributed by atoms with E-state index in [0.29, 0.717) is 10.7 Å². The zero-order valence-electron chi connectivity index (χ0n) is 12.9. The minimum atomic E-state index is -0.339. The number of halogens is 2. The first kappa shape index (κ1) is 17.1. The lowest BCUT2D eigenvalue weighted by atomic mass is 10.1. The van der Waals surface area contributed by atoms with Gasteiger partial charge in [0.15, 0.2) is 6.04 Å². The standard InChI is InChI=1S/C18H16BrClN2O2/c19-13-3-7-15(8-4-13)22-17(23)11-16(18(22)24)21-10-9-12-1-5-14(20)6-2-12/h1-8,16,21H,9-11H2/p+1/t16-/m1/s1. The van der Waals surface area contributed by atoms with E-state index >= 15 is 0 Å². The zero-order valence-corrected chi connectivity index (χ0v) is 15.3. The molecule has 1 heterocycles. The number of carbonyl (C=O) groups excluding carboxylic acids is 2. The number of imide groups is 1. The van der Waals surface area contributed by atoms with Gasteiger partial charge in [0.05, 0.1) is 18.7 Å². The Morgan fingerprint density at radius 2 is 1.75 bits per heavy atom. The third-order valence-electron chi connectivity index (χ3n) is 4.06. The molecule has 1 saturated heterocycles. The quantitative estimate of drug-likeness (QED) is 0.773. The maximum absolute atomic E-state index is 12.5. The number of amides is 2. The molecule has 2 aromatic carbocycles. The number of nitrogens with two attached hydrogens (primary N) is 1. The van der Waals surface area contributed by atoms with Gasteiger partial charge in [-0.2, -0.15) is 0 Å². The molecule has 6 heteroatoms. The number of hydrogen-bond acceptors (Lipinski definition) is 2. The van der Waals surface area contributed by atoms with Gasteiger partial charge in [-0.1, -0.05) is 39.7 Å². The molecule has 0 saturated carbocycles. The van der Waals surface area contributed by atoms with Crippen LogP contribution in [0.3, 0.4) is 0 Å². The SMILES string of the molecule is O=C1C[C@@H]([NH2+]CCc2ccc(Cl)cc2)C(=O)N1c1ccc(Br)cc1. The number of quaternary nitrogens is 1. The highest BCUT2D eigenvalue weighted by atomic mass is 79.9. The summed E-state index contributed by atoms with van der Waals surface area (Å²) in [4.78, 5) is 26.0. The van der Waals surface area contributed by atoms with Crippen LogP contribution < -0.4 is 10.2 Å². The highest BCUT2D eigenvalue weighted by Gasteiger charge is 2.41. The molecular weight excluding hydrogens is 392 g/mol. The van der Waals surface area contributed by atoms with Gasteiger partial charge in [0.1, 0.15) is 0 Å². The van der Waals surface area contributed by atoms with Gasteiger partial charge in [-0.15, -0.1) is 0 Å². The van der Waals surface area contributed by atoms with Gasteiger partial charge >= 0.3 is 0 Å². The Labute approximate surface area is 153 Å². The summed E-state index contributed by atoms with van der Waals surface area (Å²) in [5.74, 6) is -0.284. The van der Waals surface area contributed by atoms with Gasteiger partial charge in [-0.25, -0.2) is 4.90 Å². The molecule has 0 spiro atoms. The number of hydrogen-bond donors (Lipinski definition) is 1. The van der Waals surface area contributed by atoms with E-state index in [1.165, 1.54) is 4.90 Å². The molecule has 0 bridgehead atoms. The fourth-order valence-electron chi connectivity index (χ4n) is 2.80. The van der Waals surface area contributed by atoms with Gasteiger partial charge < -0.3 is 5.32 Å². The molecule has 1 fully saturated rings. The predicted molar refractivity (Wildman–Crippen MR) is 97.0 cm³/mol. The first-order valence-corrected chi connectivity index (χ1v) is 8.92. The summed E-state index contributed by atoms with van der Waals surface area (Å²) >= 11 is 9.22. The third kappa shape index (κ3) is 3.86. The smallest absolute Gasteiger partial charge is 0.292 e. The van der Waals surface area contributed by atoms with E-state index in [2.05, 4.69) is 15.9 Å². The number of rotatable bonds is 5. The topological polar surface area (TPSA) is 54.0 Å². The average molecular weight is 409 g/mol. The van der Waals surface area contributed by atoms with E-state index in [4.69, 9.17) is 11.6 Å². The Balaban J connectivity index is 1.59. The van der Waals surface area contributed by atoms with Crippen LogP contribution in [-0.2, 0) is 16.0 Å². The van der Waals surface area contributed by atoms with Crippen molar-refractivity contribution in [2.75, 3.05) is 11.4 Å². The second-order valence-corrected chi connectivity index (χ2v) is 7.11. The number of carbonyl (C=O) groups is 2. The minimum absolute atomic E-state index is 0.140. The highest BCUT2D eigenvalue weighted by molar-refractivity contribution is 9.10. The van der Waals surface area contributed by atoms with Gasteiger partial charge in [-0.3, -0.25) is 9.59 Å². The van der Waals surface area contributed by atoms with Crippen molar-refractivity contribution in [2.45, 2.75) is 18.9 Å². The molecule has 24 heavy (non-hydrogen) atoms. The van der Waals surface area contributed by atoms with Crippen molar-refractivity contribution in [2.24, 2.45) is 0 Å². The fourth-order valence-corrected chi connectivity index (χ4v) is 3.19. The van der Waals surface area contributed by atoms with Crippen LogP contribution in [0.4, 0.5) is 5.69 Å². The molecule has 0 unspecified atom stereocenters. The van der Waals surface area contributed by atoms with E-state index in [9.17, 15) is 9.59 Å². The fraction of sp³-hybridized carbons (Fsp3) is 0.222. The summed E-state index contributed by atoms with van der Waals surface area (Å²) in [6.07, 6.45) is 1.07. The minimum Gasteiger partial charge on any atom is -0.335 e. The van der Waals surface area contributed by atoms with E-state index < -0.39 is 0 Å². The predicted octanol–water partition coefficient (Wildman–Crippen LogP) is 2.54. The molecule has 3 rings (SSSR count). The molecule has 124 valence electrons. The Hall–Kier alpha value is -1.69. The van der Waals surface area contributed by atoms with Crippen molar-refractivity contribution in [1.29, 1.82) is 0 Å². The monoisotopic (exact) mass is 407 g/mol. The lowest BCUT2D eigenvalue weighted by molar-refractivity contribution is -0.674. The average Bonchev–Trinajstić information content (AvgIpc) is 2.85. The van der Waals surface area contributed by atoms with Crippen LogP contribution in [0.15, 0.2) is 53.0 Å². The Kier molecular flexibility index (Phi) is 5.33. The van der Waals surface area contributed by atoms with Crippen LogP contribution >= 0.6 is 27.5 Å². The third-order valence-corrected chi connectivity index (χ3v) is 4.84. The van der Waals surface area contributed by atoms with Crippen LogP contribution in [0, 0.1) is 0 Å². The van der Waals surface area contributed by atoms with E-state index in [1.54, 1.807) is 12.1 Å². The summed E-state index contributed by atoms with van der Waals surface area (Å²) in [5, 5.41) is 2.66. The molecule has 2 N–H and O–H groups in total. The van der Waals surface area contributed by atoms with Crippen LogP contribution in [0.2, 0.25) is 5.02 Å². The lowest BCUT2D eigenvalue weighted by Gasteiger charge is -2.14. The Morgan fingerprint density at radius 3 is 2.42 bits per heavy atom.